The second-order valence-corrected chi connectivity index (χ2v) is 4.44. The van der Waals surface area contributed by atoms with Gasteiger partial charge in [0.15, 0.2) is 0 Å². The monoisotopic (exact) mass is 264 g/mol. The normalized spacial score (nSPS) is 18.9. The molecular formula is C13H16N2O4. The van der Waals surface area contributed by atoms with Crippen molar-refractivity contribution in [2.24, 2.45) is 0 Å². The number of benzene rings is 1. The summed E-state index contributed by atoms with van der Waals surface area (Å²) in [6, 6.07) is 6.19. The summed E-state index contributed by atoms with van der Waals surface area (Å²) in [5.74, 6) is -1.99. The molecule has 0 fully saturated rings. The van der Waals surface area contributed by atoms with Crippen LogP contribution in [0.25, 0.3) is 0 Å². The third-order valence-electron chi connectivity index (χ3n) is 3.20. The molecule has 1 aromatic carbocycles. The first-order chi connectivity index (χ1) is 9.13. The fraction of sp³-hybridized carbons (Fsp3) is 0.385. The SMILES string of the molecule is O=C(N[C@H](CO)C(=O)O)C1CCNc2ccccc21. The number of aliphatic hydroxyl groups excluding tert-OH is 1. The predicted molar refractivity (Wildman–Crippen MR) is 68.9 cm³/mol. The molecule has 6 nitrogen and oxygen atoms in total. The molecule has 2 atom stereocenters. The first-order valence-corrected chi connectivity index (χ1v) is 6.10. The van der Waals surface area contributed by atoms with Gasteiger partial charge in [-0.1, -0.05) is 18.2 Å². The molecule has 0 radical (unpaired) electrons. The Morgan fingerprint density at radius 1 is 1.42 bits per heavy atom. The van der Waals surface area contributed by atoms with Crippen LogP contribution in [0.3, 0.4) is 0 Å². The molecule has 19 heavy (non-hydrogen) atoms. The molecule has 1 aromatic rings. The third-order valence-corrected chi connectivity index (χ3v) is 3.20. The van der Waals surface area contributed by atoms with Crippen LogP contribution in [0.5, 0.6) is 0 Å². The number of amides is 1. The number of nitrogens with one attached hydrogen (secondary N) is 2. The van der Waals surface area contributed by atoms with E-state index in [1.165, 1.54) is 0 Å². The van der Waals surface area contributed by atoms with E-state index in [0.717, 1.165) is 11.3 Å². The Kier molecular flexibility index (Phi) is 4.01. The number of carbonyl (C=O) groups excluding carboxylic acids is 1. The van der Waals surface area contributed by atoms with Gasteiger partial charge in [-0.3, -0.25) is 4.79 Å². The van der Waals surface area contributed by atoms with Crippen molar-refractivity contribution in [1.29, 1.82) is 0 Å². The standard InChI is InChI=1S/C13H16N2O4/c16-7-11(13(18)19)15-12(17)9-5-6-14-10-4-2-1-3-8(9)10/h1-4,9,11,14,16H,5-7H2,(H,15,17)(H,18,19)/t9?,11-/m1/s1. The molecule has 1 aliphatic heterocycles. The Morgan fingerprint density at radius 3 is 2.84 bits per heavy atom. The lowest BCUT2D eigenvalue weighted by Crippen LogP contribution is -2.46. The zero-order valence-corrected chi connectivity index (χ0v) is 10.3. The van der Waals surface area contributed by atoms with Crippen molar-refractivity contribution in [3.05, 3.63) is 29.8 Å². The number of aliphatic hydroxyl groups is 1. The van der Waals surface area contributed by atoms with E-state index in [9.17, 15) is 9.59 Å². The zero-order valence-electron chi connectivity index (χ0n) is 10.3. The maximum Gasteiger partial charge on any atom is 0.328 e. The first kappa shape index (κ1) is 13.4. The first-order valence-electron chi connectivity index (χ1n) is 6.10. The van der Waals surface area contributed by atoms with Gasteiger partial charge in [0.2, 0.25) is 5.91 Å². The number of hydrogen-bond acceptors (Lipinski definition) is 4. The minimum absolute atomic E-state index is 0.365. The molecule has 0 saturated heterocycles. The van der Waals surface area contributed by atoms with Crippen LogP contribution < -0.4 is 10.6 Å². The largest absolute Gasteiger partial charge is 0.480 e. The maximum absolute atomic E-state index is 12.1. The average molecular weight is 264 g/mol. The molecule has 0 bridgehead atoms. The summed E-state index contributed by atoms with van der Waals surface area (Å²) in [7, 11) is 0. The summed E-state index contributed by atoms with van der Waals surface area (Å²) in [5, 5.41) is 23.3. The third kappa shape index (κ3) is 2.85. The molecule has 1 unspecified atom stereocenters. The van der Waals surface area contributed by atoms with Crippen molar-refractivity contribution in [3.8, 4) is 0 Å². The highest BCUT2D eigenvalue weighted by Gasteiger charge is 2.29. The Balaban J connectivity index is 2.15. The van der Waals surface area contributed by atoms with E-state index in [1.807, 2.05) is 24.3 Å². The lowest BCUT2D eigenvalue weighted by atomic mass is 9.90. The highest BCUT2D eigenvalue weighted by Crippen LogP contribution is 2.31. The van der Waals surface area contributed by atoms with Crippen LogP contribution in [0.4, 0.5) is 5.69 Å². The molecule has 0 aromatic heterocycles. The van der Waals surface area contributed by atoms with Gasteiger partial charge < -0.3 is 20.8 Å². The van der Waals surface area contributed by atoms with Crippen LogP contribution in [0, 0.1) is 0 Å². The van der Waals surface area contributed by atoms with Crippen LogP contribution in [-0.4, -0.2) is 41.3 Å². The number of carboxylic acid groups (broad SMARTS) is 1. The molecule has 0 spiro atoms. The molecule has 4 N–H and O–H groups in total. The Labute approximate surface area is 110 Å². The smallest absolute Gasteiger partial charge is 0.328 e. The highest BCUT2D eigenvalue weighted by atomic mass is 16.4. The van der Waals surface area contributed by atoms with Crippen LogP contribution in [0.15, 0.2) is 24.3 Å². The Morgan fingerprint density at radius 2 is 2.16 bits per heavy atom. The predicted octanol–water partition coefficient (Wildman–Crippen LogP) is 0.148. The minimum atomic E-state index is -1.26. The van der Waals surface area contributed by atoms with Gasteiger partial charge in [-0.25, -0.2) is 4.79 Å². The van der Waals surface area contributed by atoms with E-state index in [4.69, 9.17) is 10.2 Å². The van der Waals surface area contributed by atoms with Gasteiger partial charge in [-0.2, -0.15) is 0 Å². The Bertz CT molecular complexity index is 489. The lowest BCUT2D eigenvalue weighted by Gasteiger charge is -2.26. The van der Waals surface area contributed by atoms with Gasteiger partial charge in [0.05, 0.1) is 12.5 Å². The van der Waals surface area contributed by atoms with Crippen LogP contribution in [0.1, 0.15) is 17.9 Å². The average Bonchev–Trinajstić information content (AvgIpc) is 2.43. The molecule has 0 aliphatic carbocycles. The number of aliphatic carboxylic acids is 1. The van der Waals surface area contributed by atoms with E-state index in [0.29, 0.717) is 13.0 Å². The second kappa shape index (κ2) is 5.71. The number of hydrogen-bond donors (Lipinski definition) is 4. The molecule has 102 valence electrons. The number of rotatable bonds is 4. The quantitative estimate of drug-likeness (QED) is 0.620. The topological polar surface area (TPSA) is 98.7 Å². The summed E-state index contributed by atoms with van der Waals surface area (Å²) in [5.41, 5.74) is 1.75. The van der Waals surface area contributed by atoms with Crippen molar-refractivity contribution in [1.82, 2.24) is 5.32 Å². The summed E-state index contributed by atoms with van der Waals surface area (Å²) < 4.78 is 0. The molecule has 1 heterocycles. The molecule has 1 aliphatic rings. The number of carbonyl (C=O) groups is 2. The number of fused-ring (bicyclic) bond motifs is 1. The van der Waals surface area contributed by atoms with E-state index in [-0.39, 0.29) is 11.8 Å². The van der Waals surface area contributed by atoms with Gasteiger partial charge in [0.1, 0.15) is 6.04 Å². The minimum Gasteiger partial charge on any atom is -0.480 e. The maximum atomic E-state index is 12.1. The number of carboxylic acids is 1. The van der Waals surface area contributed by atoms with Crippen LogP contribution >= 0.6 is 0 Å². The summed E-state index contributed by atoms with van der Waals surface area (Å²) >= 11 is 0. The van der Waals surface area contributed by atoms with Crippen molar-refractivity contribution in [3.63, 3.8) is 0 Å². The zero-order chi connectivity index (χ0) is 13.8. The van der Waals surface area contributed by atoms with E-state index in [1.54, 1.807) is 0 Å². The fourth-order valence-electron chi connectivity index (χ4n) is 2.20. The van der Waals surface area contributed by atoms with Crippen LogP contribution in [-0.2, 0) is 9.59 Å². The van der Waals surface area contributed by atoms with E-state index >= 15 is 0 Å². The van der Waals surface area contributed by atoms with E-state index in [2.05, 4.69) is 10.6 Å². The van der Waals surface area contributed by atoms with Gasteiger partial charge in [0.25, 0.3) is 0 Å². The van der Waals surface area contributed by atoms with Crippen molar-refractivity contribution in [2.45, 2.75) is 18.4 Å². The summed E-state index contributed by atoms with van der Waals surface area (Å²) in [6.45, 7) is 0.0413. The Hall–Kier alpha value is -2.08. The van der Waals surface area contributed by atoms with Crippen molar-refractivity contribution >= 4 is 17.6 Å². The van der Waals surface area contributed by atoms with Gasteiger partial charge in [-0.15, -0.1) is 0 Å². The number of anilines is 1. The summed E-state index contributed by atoms with van der Waals surface area (Å²) in [4.78, 5) is 22.9. The number of para-hydroxylation sites is 1. The lowest BCUT2D eigenvalue weighted by molar-refractivity contribution is -0.143. The van der Waals surface area contributed by atoms with Crippen molar-refractivity contribution < 1.29 is 19.8 Å². The fourth-order valence-corrected chi connectivity index (χ4v) is 2.20. The van der Waals surface area contributed by atoms with Gasteiger partial charge in [-0.05, 0) is 18.1 Å². The molecule has 2 rings (SSSR count). The molecule has 1 amide bonds. The highest BCUT2D eigenvalue weighted by molar-refractivity contribution is 5.89. The second-order valence-electron chi connectivity index (χ2n) is 4.44. The van der Waals surface area contributed by atoms with E-state index < -0.39 is 18.6 Å². The van der Waals surface area contributed by atoms with Gasteiger partial charge >= 0.3 is 5.97 Å². The van der Waals surface area contributed by atoms with Crippen LogP contribution in [0.2, 0.25) is 0 Å². The van der Waals surface area contributed by atoms with Gasteiger partial charge in [0, 0.05) is 12.2 Å². The molecule has 6 heteroatoms. The molecule has 0 saturated carbocycles. The van der Waals surface area contributed by atoms with Crippen molar-refractivity contribution in [2.75, 3.05) is 18.5 Å². The molecular weight excluding hydrogens is 248 g/mol. The summed E-state index contributed by atoms with van der Waals surface area (Å²) in [6.07, 6.45) is 0.598.